The molecule has 0 heterocycles. The maximum atomic E-state index is 5.39. The lowest BCUT2D eigenvalue weighted by Gasteiger charge is -2.04. The van der Waals surface area contributed by atoms with Crippen molar-refractivity contribution in [2.75, 3.05) is 13.7 Å². The molecule has 0 unspecified atom stereocenters. The van der Waals surface area contributed by atoms with Crippen LogP contribution in [0.4, 0.5) is 0 Å². The summed E-state index contributed by atoms with van der Waals surface area (Å²) in [5, 5.41) is 0. The van der Waals surface area contributed by atoms with Crippen LogP contribution in [0.2, 0.25) is 0 Å². The van der Waals surface area contributed by atoms with E-state index in [0.29, 0.717) is 0 Å². The summed E-state index contributed by atoms with van der Waals surface area (Å²) in [6, 6.07) is 0. The smallest absolute Gasteiger partial charge is 0.0915 e. The summed E-state index contributed by atoms with van der Waals surface area (Å²) in [6.07, 6.45) is 7.79. The highest BCUT2D eigenvalue weighted by Gasteiger charge is 1.94. The van der Waals surface area contributed by atoms with Gasteiger partial charge in [-0.3, -0.25) is 0 Å². The first-order valence-corrected chi connectivity index (χ1v) is 4.78. The van der Waals surface area contributed by atoms with E-state index in [1.165, 1.54) is 12.8 Å². The number of nitrogens with two attached hydrogens (primary N) is 1. The Morgan fingerprint density at radius 2 is 2.08 bits per heavy atom. The maximum Gasteiger partial charge on any atom is 0.0915 e. The maximum absolute atomic E-state index is 5.39. The Kier molecular flexibility index (Phi) is 8.24. The predicted octanol–water partition coefficient (Wildman–Crippen LogP) is 2.45. The van der Waals surface area contributed by atoms with Gasteiger partial charge in [0.05, 0.1) is 12.9 Å². The monoisotopic (exact) mass is 171 g/mol. The van der Waals surface area contributed by atoms with Crippen LogP contribution >= 0.6 is 0 Å². The summed E-state index contributed by atoms with van der Waals surface area (Å²) in [7, 11) is 1.74. The largest absolute Gasteiger partial charge is 0.501 e. The van der Waals surface area contributed by atoms with Crippen molar-refractivity contribution in [3.8, 4) is 0 Å². The summed E-state index contributed by atoms with van der Waals surface area (Å²) in [4.78, 5) is 0. The van der Waals surface area contributed by atoms with E-state index in [2.05, 4.69) is 13.0 Å². The van der Waals surface area contributed by atoms with E-state index in [4.69, 9.17) is 10.5 Å². The lowest BCUT2D eigenvalue weighted by molar-refractivity contribution is 0.272. The van der Waals surface area contributed by atoms with Gasteiger partial charge in [0.1, 0.15) is 0 Å². The molecular formula is C10H21NO. The normalized spacial score (nSPS) is 11.8. The van der Waals surface area contributed by atoms with Crippen molar-refractivity contribution in [3.63, 3.8) is 0 Å². The second-order valence-corrected chi connectivity index (χ2v) is 2.88. The van der Waals surface area contributed by atoms with Crippen molar-refractivity contribution in [2.24, 2.45) is 5.73 Å². The van der Waals surface area contributed by atoms with E-state index >= 15 is 0 Å². The van der Waals surface area contributed by atoms with Crippen LogP contribution < -0.4 is 5.73 Å². The average Bonchev–Trinajstić information content (AvgIpc) is 2.10. The Morgan fingerprint density at radius 1 is 1.33 bits per heavy atom. The van der Waals surface area contributed by atoms with Gasteiger partial charge in [-0.2, -0.15) is 0 Å². The minimum atomic E-state index is 0.805. The molecule has 0 aliphatic rings. The lowest BCUT2D eigenvalue weighted by Crippen LogP contribution is -1.98. The van der Waals surface area contributed by atoms with Gasteiger partial charge in [0.2, 0.25) is 0 Å². The zero-order valence-electron chi connectivity index (χ0n) is 8.31. The Labute approximate surface area is 75.8 Å². The highest BCUT2D eigenvalue weighted by Crippen LogP contribution is 2.09. The quantitative estimate of drug-likeness (QED) is 0.471. The van der Waals surface area contributed by atoms with E-state index in [-0.39, 0.29) is 0 Å². The second-order valence-electron chi connectivity index (χ2n) is 2.88. The van der Waals surface area contributed by atoms with Gasteiger partial charge in [-0.15, -0.1) is 0 Å². The SMILES string of the molecule is CC/C=C(\CCCCCN)OC. The van der Waals surface area contributed by atoms with Crippen LogP contribution in [-0.4, -0.2) is 13.7 Å². The fourth-order valence-electron chi connectivity index (χ4n) is 1.14. The summed E-state index contributed by atoms with van der Waals surface area (Å²) < 4.78 is 5.20. The molecule has 0 spiro atoms. The Hall–Kier alpha value is -0.500. The molecule has 0 saturated heterocycles. The number of unbranched alkanes of at least 4 members (excludes halogenated alkanes) is 2. The highest BCUT2D eigenvalue weighted by molar-refractivity contribution is 4.91. The van der Waals surface area contributed by atoms with Crippen molar-refractivity contribution >= 4 is 0 Å². The number of hydrogen-bond acceptors (Lipinski definition) is 2. The van der Waals surface area contributed by atoms with Crippen molar-refractivity contribution < 1.29 is 4.74 Å². The highest BCUT2D eigenvalue weighted by atomic mass is 16.5. The third kappa shape index (κ3) is 6.23. The molecule has 0 aromatic heterocycles. The molecule has 12 heavy (non-hydrogen) atoms. The number of hydrogen-bond donors (Lipinski definition) is 1. The van der Waals surface area contributed by atoms with Crippen molar-refractivity contribution in [1.82, 2.24) is 0 Å². The van der Waals surface area contributed by atoms with Crippen LogP contribution in [0, 0.1) is 0 Å². The van der Waals surface area contributed by atoms with E-state index in [9.17, 15) is 0 Å². The molecule has 0 aliphatic heterocycles. The number of allylic oxidation sites excluding steroid dienone is 2. The van der Waals surface area contributed by atoms with Crippen LogP contribution in [0.1, 0.15) is 39.0 Å². The predicted molar refractivity (Wildman–Crippen MR) is 52.9 cm³/mol. The molecule has 0 fully saturated rings. The van der Waals surface area contributed by atoms with Crippen molar-refractivity contribution in [2.45, 2.75) is 39.0 Å². The Bertz CT molecular complexity index is 121. The fraction of sp³-hybridized carbons (Fsp3) is 0.800. The van der Waals surface area contributed by atoms with Crippen LogP contribution in [0.3, 0.4) is 0 Å². The molecule has 2 N–H and O–H groups in total. The van der Waals surface area contributed by atoms with Gasteiger partial charge in [-0.1, -0.05) is 13.3 Å². The Morgan fingerprint density at radius 3 is 2.58 bits per heavy atom. The standard InChI is InChI=1S/C10H21NO/c1-3-7-10(12-2)8-5-4-6-9-11/h7H,3-6,8-9,11H2,1-2H3/b10-7+. The van der Waals surface area contributed by atoms with E-state index in [0.717, 1.165) is 31.6 Å². The zero-order valence-corrected chi connectivity index (χ0v) is 8.31. The molecule has 0 saturated carbocycles. The minimum absolute atomic E-state index is 0.805. The molecule has 0 radical (unpaired) electrons. The van der Waals surface area contributed by atoms with Crippen LogP contribution in [-0.2, 0) is 4.74 Å². The van der Waals surface area contributed by atoms with Gasteiger partial charge in [0, 0.05) is 6.42 Å². The summed E-state index contributed by atoms with van der Waals surface area (Å²) in [6.45, 7) is 2.93. The van der Waals surface area contributed by atoms with Gasteiger partial charge in [0.25, 0.3) is 0 Å². The van der Waals surface area contributed by atoms with E-state index in [1.54, 1.807) is 7.11 Å². The number of ether oxygens (including phenoxy) is 1. The second kappa shape index (κ2) is 8.60. The van der Waals surface area contributed by atoms with E-state index in [1.807, 2.05) is 0 Å². The number of rotatable bonds is 7. The molecule has 0 aliphatic carbocycles. The first-order valence-electron chi connectivity index (χ1n) is 4.78. The molecule has 0 bridgehead atoms. The Balaban J connectivity index is 3.38. The topological polar surface area (TPSA) is 35.2 Å². The summed E-state index contributed by atoms with van der Waals surface area (Å²) in [5.74, 6) is 1.12. The van der Waals surface area contributed by atoms with Gasteiger partial charge in [-0.25, -0.2) is 0 Å². The van der Waals surface area contributed by atoms with Gasteiger partial charge < -0.3 is 10.5 Å². The minimum Gasteiger partial charge on any atom is -0.501 e. The molecule has 0 aromatic carbocycles. The molecule has 0 aromatic rings. The molecule has 0 atom stereocenters. The van der Waals surface area contributed by atoms with Crippen LogP contribution in [0.25, 0.3) is 0 Å². The fourth-order valence-corrected chi connectivity index (χ4v) is 1.14. The van der Waals surface area contributed by atoms with E-state index < -0.39 is 0 Å². The molecule has 0 amide bonds. The summed E-state index contributed by atoms with van der Waals surface area (Å²) >= 11 is 0. The van der Waals surface area contributed by atoms with Crippen molar-refractivity contribution in [3.05, 3.63) is 11.8 Å². The zero-order chi connectivity index (χ0) is 9.23. The number of methoxy groups -OCH3 is 1. The molecule has 2 heteroatoms. The molecular weight excluding hydrogens is 150 g/mol. The molecule has 72 valence electrons. The average molecular weight is 171 g/mol. The molecule has 0 rings (SSSR count). The first-order chi connectivity index (χ1) is 5.85. The van der Waals surface area contributed by atoms with Gasteiger partial charge >= 0.3 is 0 Å². The van der Waals surface area contributed by atoms with Crippen LogP contribution in [0.15, 0.2) is 11.8 Å². The third-order valence-electron chi connectivity index (χ3n) is 1.82. The summed E-state index contributed by atoms with van der Waals surface area (Å²) in [5.41, 5.74) is 5.39. The van der Waals surface area contributed by atoms with Gasteiger partial charge in [-0.05, 0) is 31.9 Å². The van der Waals surface area contributed by atoms with Crippen molar-refractivity contribution in [1.29, 1.82) is 0 Å². The molecule has 2 nitrogen and oxygen atoms in total. The van der Waals surface area contributed by atoms with Crippen LogP contribution in [0.5, 0.6) is 0 Å². The third-order valence-corrected chi connectivity index (χ3v) is 1.82. The van der Waals surface area contributed by atoms with Gasteiger partial charge in [0.15, 0.2) is 0 Å². The first kappa shape index (κ1) is 11.5. The lowest BCUT2D eigenvalue weighted by atomic mass is 10.1.